The van der Waals surface area contributed by atoms with Crippen molar-refractivity contribution in [1.29, 1.82) is 0 Å². The van der Waals surface area contributed by atoms with Crippen molar-refractivity contribution in [2.75, 3.05) is 18.8 Å². The summed E-state index contributed by atoms with van der Waals surface area (Å²) in [5, 5.41) is 0. The summed E-state index contributed by atoms with van der Waals surface area (Å²) in [5.41, 5.74) is 6.40. The minimum Gasteiger partial charge on any atom is -0.340 e. The zero-order valence-electron chi connectivity index (χ0n) is 11.0. The summed E-state index contributed by atoms with van der Waals surface area (Å²) in [6.07, 6.45) is 0.735. The molecule has 0 bridgehead atoms. The lowest BCUT2D eigenvalue weighted by atomic mass is 10.2. The summed E-state index contributed by atoms with van der Waals surface area (Å²) in [7, 11) is -3.45. The van der Waals surface area contributed by atoms with Crippen molar-refractivity contribution in [3.63, 3.8) is 0 Å². The fraction of sp³-hybridized carbons (Fsp3) is 0.462. The van der Waals surface area contributed by atoms with E-state index in [0.29, 0.717) is 18.7 Å². The first-order chi connectivity index (χ1) is 9.35. The lowest BCUT2D eigenvalue weighted by molar-refractivity contribution is -0.127. The predicted octanol–water partition coefficient (Wildman–Crippen LogP) is 0.923. The van der Waals surface area contributed by atoms with Crippen LogP contribution in [0.1, 0.15) is 12.0 Å². The standard InChI is InChI=1S/C13H17BrN2O3S/c14-11-3-1-10(2-4-11)8-20(18,19)9-13(17)16-6-5-12(15)7-16/h1-4,12H,5-9,15H2. The highest BCUT2D eigenvalue weighted by Gasteiger charge is 2.27. The Morgan fingerprint density at radius 3 is 2.55 bits per heavy atom. The zero-order valence-corrected chi connectivity index (χ0v) is 13.4. The van der Waals surface area contributed by atoms with E-state index in [1.54, 1.807) is 24.3 Å². The maximum absolute atomic E-state index is 12.0. The molecule has 0 spiro atoms. The van der Waals surface area contributed by atoms with Crippen LogP contribution in [0, 0.1) is 0 Å². The second-order valence-electron chi connectivity index (χ2n) is 5.05. The van der Waals surface area contributed by atoms with Gasteiger partial charge in [-0.1, -0.05) is 28.1 Å². The molecular formula is C13H17BrN2O3S. The van der Waals surface area contributed by atoms with Crippen LogP contribution in [-0.4, -0.2) is 44.1 Å². The molecule has 1 amide bonds. The van der Waals surface area contributed by atoms with E-state index in [2.05, 4.69) is 15.9 Å². The number of benzene rings is 1. The van der Waals surface area contributed by atoms with Crippen molar-refractivity contribution in [2.45, 2.75) is 18.2 Å². The lowest BCUT2D eigenvalue weighted by Crippen LogP contribution is -2.36. The second kappa shape index (κ2) is 6.24. The summed E-state index contributed by atoms with van der Waals surface area (Å²) in [6.45, 7) is 1.00. The third-order valence-corrected chi connectivity index (χ3v) is 5.21. The molecule has 1 aromatic carbocycles. The molecule has 2 rings (SSSR count). The number of nitrogens with two attached hydrogens (primary N) is 1. The highest BCUT2D eigenvalue weighted by molar-refractivity contribution is 9.10. The lowest BCUT2D eigenvalue weighted by Gasteiger charge is -2.15. The third kappa shape index (κ3) is 4.29. The van der Waals surface area contributed by atoms with Crippen LogP contribution in [0.3, 0.4) is 0 Å². The summed E-state index contributed by atoms with van der Waals surface area (Å²) >= 11 is 3.29. The number of nitrogens with zero attached hydrogens (tertiary/aromatic N) is 1. The molecule has 1 atom stereocenters. The number of rotatable bonds is 4. The quantitative estimate of drug-likeness (QED) is 0.865. The largest absolute Gasteiger partial charge is 0.340 e. The second-order valence-corrected chi connectivity index (χ2v) is 8.03. The van der Waals surface area contributed by atoms with Gasteiger partial charge in [-0.25, -0.2) is 8.42 Å². The minimum atomic E-state index is -3.45. The molecule has 0 saturated carbocycles. The van der Waals surface area contributed by atoms with Gasteiger partial charge in [0.2, 0.25) is 5.91 Å². The Morgan fingerprint density at radius 2 is 2.00 bits per heavy atom. The van der Waals surface area contributed by atoms with E-state index in [4.69, 9.17) is 5.73 Å². The Morgan fingerprint density at radius 1 is 1.35 bits per heavy atom. The number of likely N-dealkylation sites (tertiary alicyclic amines) is 1. The number of hydrogen-bond donors (Lipinski definition) is 1. The van der Waals surface area contributed by atoms with Crippen molar-refractivity contribution < 1.29 is 13.2 Å². The van der Waals surface area contributed by atoms with E-state index in [9.17, 15) is 13.2 Å². The van der Waals surface area contributed by atoms with Gasteiger partial charge in [0.15, 0.2) is 9.84 Å². The Kier molecular flexibility index (Phi) is 4.82. The molecule has 1 aliphatic heterocycles. The van der Waals surface area contributed by atoms with Crippen LogP contribution in [0.5, 0.6) is 0 Å². The SMILES string of the molecule is NC1CCN(C(=O)CS(=O)(=O)Cc2ccc(Br)cc2)C1. The topological polar surface area (TPSA) is 80.5 Å². The number of carbonyl (C=O) groups is 1. The van der Waals surface area contributed by atoms with Gasteiger partial charge in [0.25, 0.3) is 0 Å². The Labute approximate surface area is 127 Å². The molecule has 1 unspecified atom stereocenters. The van der Waals surface area contributed by atoms with Gasteiger partial charge in [-0.3, -0.25) is 4.79 Å². The van der Waals surface area contributed by atoms with E-state index in [0.717, 1.165) is 10.9 Å². The summed E-state index contributed by atoms with van der Waals surface area (Å²) in [5.74, 6) is -0.920. The van der Waals surface area contributed by atoms with E-state index < -0.39 is 15.6 Å². The van der Waals surface area contributed by atoms with Gasteiger partial charge in [-0.15, -0.1) is 0 Å². The Hall–Kier alpha value is -0.920. The number of halogens is 1. The molecule has 20 heavy (non-hydrogen) atoms. The van der Waals surface area contributed by atoms with Crippen molar-refractivity contribution >= 4 is 31.7 Å². The Balaban J connectivity index is 1.97. The normalized spacial score (nSPS) is 19.3. The van der Waals surface area contributed by atoms with Crippen LogP contribution in [0.4, 0.5) is 0 Å². The molecule has 1 heterocycles. The first-order valence-electron chi connectivity index (χ1n) is 6.34. The van der Waals surface area contributed by atoms with Crippen molar-refractivity contribution in [2.24, 2.45) is 5.73 Å². The van der Waals surface area contributed by atoms with Gasteiger partial charge in [0, 0.05) is 23.6 Å². The fourth-order valence-electron chi connectivity index (χ4n) is 2.18. The molecule has 5 nitrogen and oxygen atoms in total. The monoisotopic (exact) mass is 360 g/mol. The average molecular weight is 361 g/mol. The van der Waals surface area contributed by atoms with E-state index in [1.165, 1.54) is 4.90 Å². The van der Waals surface area contributed by atoms with Gasteiger partial charge in [0.05, 0.1) is 5.75 Å². The van der Waals surface area contributed by atoms with Crippen molar-refractivity contribution in [3.05, 3.63) is 34.3 Å². The molecule has 1 fully saturated rings. The third-order valence-electron chi connectivity index (χ3n) is 3.22. The van der Waals surface area contributed by atoms with Gasteiger partial charge in [0.1, 0.15) is 5.75 Å². The molecular weight excluding hydrogens is 344 g/mol. The summed E-state index contributed by atoms with van der Waals surface area (Å²) in [4.78, 5) is 13.5. The van der Waals surface area contributed by atoms with Gasteiger partial charge < -0.3 is 10.6 Å². The number of sulfone groups is 1. The molecule has 7 heteroatoms. The first kappa shape index (κ1) is 15.5. The predicted molar refractivity (Wildman–Crippen MR) is 80.8 cm³/mol. The molecule has 1 aliphatic rings. The molecule has 1 saturated heterocycles. The molecule has 110 valence electrons. The minimum absolute atomic E-state index is 0.0341. The maximum Gasteiger partial charge on any atom is 0.237 e. The summed E-state index contributed by atoms with van der Waals surface area (Å²) < 4.78 is 25.0. The van der Waals surface area contributed by atoms with Crippen LogP contribution < -0.4 is 5.73 Å². The molecule has 0 aromatic heterocycles. The zero-order chi connectivity index (χ0) is 14.8. The van der Waals surface area contributed by atoms with Gasteiger partial charge in [-0.05, 0) is 24.1 Å². The molecule has 1 aromatic rings. The first-order valence-corrected chi connectivity index (χ1v) is 8.95. The Bertz CT molecular complexity index is 586. The number of amides is 1. The van der Waals surface area contributed by atoms with Crippen LogP contribution in [0.2, 0.25) is 0 Å². The van der Waals surface area contributed by atoms with Gasteiger partial charge in [-0.2, -0.15) is 0 Å². The van der Waals surface area contributed by atoms with E-state index >= 15 is 0 Å². The average Bonchev–Trinajstić information content (AvgIpc) is 2.78. The van der Waals surface area contributed by atoms with E-state index in [1.807, 2.05) is 0 Å². The van der Waals surface area contributed by atoms with Gasteiger partial charge >= 0.3 is 0 Å². The fourth-order valence-corrected chi connectivity index (χ4v) is 3.80. The maximum atomic E-state index is 12.0. The number of hydrogen-bond acceptors (Lipinski definition) is 4. The van der Waals surface area contributed by atoms with Crippen LogP contribution >= 0.6 is 15.9 Å². The molecule has 2 N–H and O–H groups in total. The highest BCUT2D eigenvalue weighted by atomic mass is 79.9. The van der Waals surface area contributed by atoms with Crippen LogP contribution in [-0.2, 0) is 20.4 Å². The number of carbonyl (C=O) groups excluding carboxylic acids is 1. The molecule has 0 radical (unpaired) electrons. The van der Waals surface area contributed by atoms with Crippen LogP contribution in [0.15, 0.2) is 28.7 Å². The van der Waals surface area contributed by atoms with Crippen molar-refractivity contribution in [1.82, 2.24) is 4.90 Å². The smallest absolute Gasteiger partial charge is 0.237 e. The molecule has 0 aliphatic carbocycles. The highest BCUT2D eigenvalue weighted by Crippen LogP contribution is 2.14. The summed E-state index contributed by atoms with van der Waals surface area (Å²) in [6, 6.07) is 7.00. The van der Waals surface area contributed by atoms with E-state index in [-0.39, 0.29) is 17.7 Å². The van der Waals surface area contributed by atoms with Crippen molar-refractivity contribution in [3.8, 4) is 0 Å². The van der Waals surface area contributed by atoms with Crippen LogP contribution in [0.25, 0.3) is 0 Å².